The molecule has 1 aromatic heterocycles. The van der Waals surface area contributed by atoms with E-state index in [1.165, 1.54) is 12.1 Å². The Morgan fingerprint density at radius 3 is 2.42 bits per heavy atom. The summed E-state index contributed by atoms with van der Waals surface area (Å²) in [5.74, 6) is 1.15. The lowest BCUT2D eigenvalue weighted by Crippen LogP contribution is -1.88. The Balaban J connectivity index is 1.85. The van der Waals surface area contributed by atoms with Crippen molar-refractivity contribution in [3.8, 4) is 11.5 Å². The van der Waals surface area contributed by atoms with Crippen LogP contribution in [0.4, 0.5) is 5.69 Å². The molecule has 94 valence electrons. The van der Waals surface area contributed by atoms with Crippen LogP contribution in [0.3, 0.4) is 0 Å². The van der Waals surface area contributed by atoms with Gasteiger partial charge in [-0.15, -0.1) is 0 Å². The fourth-order valence-corrected chi connectivity index (χ4v) is 2.11. The number of hydrogen-bond donors (Lipinski definition) is 0. The van der Waals surface area contributed by atoms with Gasteiger partial charge in [0, 0.05) is 18.2 Å². The fourth-order valence-electron chi connectivity index (χ4n) is 1.60. The van der Waals surface area contributed by atoms with Gasteiger partial charge in [0.2, 0.25) is 0 Å². The molecule has 0 unspecified atom stereocenters. The van der Waals surface area contributed by atoms with Crippen LogP contribution in [0.25, 0.3) is 11.0 Å². The summed E-state index contributed by atoms with van der Waals surface area (Å²) < 4.78 is 13.8. The summed E-state index contributed by atoms with van der Waals surface area (Å²) >= 11 is 1.14. The molecule has 0 N–H and O–H groups in total. The number of ether oxygens (including phenoxy) is 1. The van der Waals surface area contributed by atoms with E-state index >= 15 is 0 Å². The normalized spacial score (nSPS) is 10.5. The third-order valence-corrected chi connectivity index (χ3v) is 3.07. The number of nitro groups is 1. The second kappa shape index (κ2) is 4.62. The number of aromatic nitrogens is 2. The van der Waals surface area contributed by atoms with Crippen LogP contribution in [0.1, 0.15) is 0 Å². The third kappa shape index (κ3) is 2.36. The Bertz CT molecular complexity index is 739. The predicted molar refractivity (Wildman–Crippen MR) is 70.6 cm³/mol. The molecule has 0 aliphatic heterocycles. The minimum atomic E-state index is -0.448. The lowest BCUT2D eigenvalue weighted by molar-refractivity contribution is -0.384. The molecule has 19 heavy (non-hydrogen) atoms. The summed E-state index contributed by atoms with van der Waals surface area (Å²) in [5, 5.41) is 10.5. The zero-order chi connectivity index (χ0) is 13.2. The molecule has 0 bridgehead atoms. The maximum atomic E-state index is 10.5. The average molecular weight is 273 g/mol. The van der Waals surface area contributed by atoms with Crippen molar-refractivity contribution in [2.24, 2.45) is 0 Å². The van der Waals surface area contributed by atoms with E-state index in [9.17, 15) is 10.1 Å². The molecular formula is C12H7N3O3S. The highest BCUT2D eigenvalue weighted by Crippen LogP contribution is 2.26. The van der Waals surface area contributed by atoms with Crippen LogP contribution in [-0.4, -0.2) is 13.7 Å². The monoisotopic (exact) mass is 273 g/mol. The molecule has 7 heteroatoms. The van der Waals surface area contributed by atoms with Crippen molar-refractivity contribution in [1.82, 2.24) is 8.75 Å². The molecule has 3 aromatic rings. The van der Waals surface area contributed by atoms with Gasteiger partial charge in [0.25, 0.3) is 5.69 Å². The molecule has 0 amide bonds. The van der Waals surface area contributed by atoms with Gasteiger partial charge in [-0.2, -0.15) is 8.75 Å². The Labute approximate surface area is 111 Å². The van der Waals surface area contributed by atoms with Gasteiger partial charge in [-0.05, 0) is 24.3 Å². The highest BCUT2D eigenvalue weighted by atomic mass is 32.1. The molecule has 0 aliphatic rings. The molecule has 0 aliphatic carbocycles. The first-order valence-electron chi connectivity index (χ1n) is 5.37. The highest BCUT2D eigenvalue weighted by Gasteiger charge is 2.06. The summed E-state index contributed by atoms with van der Waals surface area (Å²) in [5.41, 5.74) is 1.62. The van der Waals surface area contributed by atoms with E-state index in [-0.39, 0.29) is 5.69 Å². The Kier molecular flexibility index (Phi) is 2.81. The van der Waals surface area contributed by atoms with Crippen molar-refractivity contribution in [3.63, 3.8) is 0 Å². The number of rotatable bonds is 3. The predicted octanol–water partition coefficient (Wildman–Crippen LogP) is 3.39. The minimum Gasteiger partial charge on any atom is -0.457 e. The van der Waals surface area contributed by atoms with Crippen LogP contribution < -0.4 is 4.74 Å². The topological polar surface area (TPSA) is 78.2 Å². The molecule has 0 saturated carbocycles. The van der Waals surface area contributed by atoms with Crippen LogP contribution in [0.15, 0.2) is 42.5 Å². The molecule has 0 radical (unpaired) electrons. The zero-order valence-corrected chi connectivity index (χ0v) is 10.3. The number of nitrogens with zero attached hydrogens (tertiary/aromatic N) is 3. The third-order valence-electron chi connectivity index (χ3n) is 2.51. The maximum Gasteiger partial charge on any atom is 0.269 e. The van der Waals surface area contributed by atoms with E-state index in [1.807, 2.05) is 6.07 Å². The lowest BCUT2D eigenvalue weighted by Gasteiger charge is -2.04. The van der Waals surface area contributed by atoms with Crippen molar-refractivity contribution in [3.05, 3.63) is 52.6 Å². The fraction of sp³-hybridized carbons (Fsp3) is 0. The molecule has 0 atom stereocenters. The van der Waals surface area contributed by atoms with Crippen LogP contribution in [0.2, 0.25) is 0 Å². The number of nitro benzene ring substituents is 1. The van der Waals surface area contributed by atoms with Crippen molar-refractivity contribution in [2.45, 2.75) is 0 Å². The Morgan fingerprint density at radius 2 is 1.68 bits per heavy atom. The van der Waals surface area contributed by atoms with E-state index in [0.717, 1.165) is 22.8 Å². The average Bonchev–Trinajstić information content (AvgIpc) is 2.87. The second-order valence-corrected chi connectivity index (χ2v) is 4.30. The summed E-state index contributed by atoms with van der Waals surface area (Å²) in [6.45, 7) is 0. The smallest absolute Gasteiger partial charge is 0.269 e. The van der Waals surface area contributed by atoms with Crippen LogP contribution in [0.5, 0.6) is 11.5 Å². The largest absolute Gasteiger partial charge is 0.457 e. The number of fused-ring (bicyclic) bond motifs is 1. The SMILES string of the molecule is O=[N+]([O-])c1ccc(Oc2ccc3nsnc3c2)cc1. The van der Waals surface area contributed by atoms with Gasteiger partial charge in [-0.1, -0.05) is 0 Å². The quantitative estimate of drug-likeness (QED) is 0.540. The van der Waals surface area contributed by atoms with E-state index in [2.05, 4.69) is 8.75 Å². The van der Waals surface area contributed by atoms with Gasteiger partial charge in [-0.25, -0.2) is 0 Å². The molecule has 0 spiro atoms. The van der Waals surface area contributed by atoms with E-state index in [0.29, 0.717) is 11.5 Å². The minimum absolute atomic E-state index is 0.0338. The molecule has 3 rings (SSSR count). The van der Waals surface area contributed by atoms with E-state index in [1.54, 1.807) is 24.3 Å². The Morgan fingerprint density at radius 1 is 1.00 bits per heavy atom. The molecule has 2 aromatic carbocycles. The number of non-ortho nitro benzene ring substituents is 1. The van der Waals surface area contributed by atoms with Crippen LogP contribution in [-0.2, 0) is 0 Å². The molecular weight excluding hydrogens is 266 g/mol. The highest BCUT2D eigenvalue weighted by molar-refractivity contribution is 7.00. The van der Waals surface area contributed by atoms with Crippen molar-refractivity contribution in [2.75, 3.05) is 0 Å². The van der Waals surface area contributed by atoms with Crippen molar-refractivity contribution in [1.29, 1.82) is 0 Å². The van der Waals surface area contributed by atoms with Gasteiger partial charge in [0.05, 0.1) is 16.7 Å². The molecule has 0 saturated heterocycles. The number of benzene rings is 2. The van der Waals surface area contributed by atoms with Crippen LogP contribution >= 0.6 is 11.7 Å². The molecule has 0 fully saturated rings. The maximum absolute atomic E-state index is 10.5. The first-order valence-corrected chi connectivity index (χ1v) is 6.10. The van der Waals surface area contributed by atoms with E-state index < -0.39 is 4.92 Å². The van der Waals surface area contributed by atoms with Gasteiger partial charge in [-0.3, -0.25) is 10.1 Å². The molecule has 6 nitrogen and oxygen atoms in total. The van der Waals surface area contributed by atoms with Crippen LogP contribution in [0, 0.1) is 10.1 Å². The van der Waals surface area contributed by atoms with Gasteiger partial charge >= 0.3 is 0 Å². The first kappa shape index (κ1) is 11.5. The molecule has 1 heterocycles. The summed E-state index contributed by atoms with van der Waals surface area (Å²) in [6, 6.07) is 11.3. The Hall–Kier alpha value is -2.54. The number of hydrogen-bond acceptors (Lipinski definition) is 6. The summed E-state index contributed by atoms with van der Waals surface area (Å²) in [7, 11) is 0. The zero-order valence-electron chi connectivity index (χ0n) is 9.52. The summed E-state index contributed by atoms with van der Waals surface area (Å²) in [4.78, 5) is 10.1. The van der Waals surface area contributed by atoms with Gasteiger partial charge in [0.1, 0.15) is 22.5 Å². The summed E-state index contributed by atoms with van der Waals surface area (Å²) in [6.07, 6.45) is 0. The van der Waals surface area contributed by atoms with Crippen molar-refractivity contribution < 1.29 is 9.66 Å². The van der Waals surface area contributed by atoms with Crippen molar-refractivity contribution >= 4 is 28.4 Å². The first-order chi connectivity index (χ1) is 9.22. The second-order valence-electron chi connectivity index (χ2n) is 3.77. The van der Waals surface area contributed by atoms with Gasteiger partial charge < -0.3 is 4.74 Å². The lowest BCUT2D eigenvalue weighted by atomic mass is 10.3. The van der Waals surface area contributed by atoms with Gasteiger partial charge in [0.15, 0.2) is 0 Å². The standard InChI is InChI=1S/C12H7N3O3S/c16-15(17)8-1-3-9(4-2-8)18-10-5-6-11-12(7-10)14-19-13-11/h1-7H. The van der Waals surface area contributed by atoms with E-state index in [4.69, 9.17) is 4.74 Å².